The summed E-state index contributed by atoms with van der Waals surface area (Å²) in [7, 11) is 0. The van der Waals surface area contributed by atoms with E-state index < -0.39 is 5.97 Å². The van der Waals surface area contributed by atoms with Crippen LogP contribution in [0.5, 0.6) is 0 Å². The number of carbonyl (C=O) groups excluding carboxylic acids is 1. The maximum atomic E-state index is 10.7. The van der Waals surface area contributed by atoms with E-state index in [0.29, 0.717) is 5.56 Å². The lowest BCUT2D eigenvalue weighted by atomic mass is 10.2. The summed E-state index contributed by atoms with van der Waals surface area (Å²) in [6, 6.07) is 1.38. The minimum Gasteiger partial charge on any atom is -0.477 e. The Hall–Kier alpha value is -1.16. The number of carbonyl (C=O) groups is 2. The van der Waals surface area contributed by atoms with E-state index in [1.807, 2.05) is 0 Å². The van der Waals surface area contributed by atoms with Gasteiger partial charge >= 0.3 is 5.97 Å². The van der Waals surface area contributed by atoms with Gasteiger partial charge in [0.05, 0.1) is 0 Å². The molecule has 1 aromatic rings. The van der Waals surface area contributed by atoms with Gasteiger partial charge in [-0.3, -0.25) is 4.79 Å². The molecule has 0 aromatic carbocycles. The normalized spacial score (nSPS) is 9.55. The number of hydrogen-bond acceptors (Lipinski definition) is 3. The van der Waals surface area contributed by atoms with Crippen LogP contribution in [0.4, 0.5) is 0 Å². The third-order valence-electron chi connectivity index (χ3n) is 1.22. The largest absolute Gasteiger partial charge is 0.477 e. The van der Waals surface area contributed by atoms with Gasteiger partial charge in [-0.2, -0.15) is 0 Å². The summed E-state index contributed by atoms with van der Waals surface area (Å²) in [6.07, 6.45) is 0. The van der Waals surface area contributed by atoms with E-state index in [2.05, 4.69) is 0 Å². The molecule has 1 aromatic heterocycles. The summed E-state index contributed by atoms with van der Waals surface area (Å²) in [5.74, 6) is -1.09. The number of carboxylic acids is 1. The van der Waals surface area contributed by atoms with E-state index in [1.54, 1.807) is 5.38 Å². The van der Waals surface area contributed by atoms with Crippen LogP contribution in [0.3, 0.4) is 0 Å². The number of carboxylic acid groups (broad SMARTS) is 1. The topological polar surface area (TPSA) is 54.4 Å². The van der Waals surface area contributed by atoms with Crippen molar-refractivity contribution < 1.29 is 14.7 Å². The van der Waals surface area contributed by atoms with Gasteiger partial charge in [-0.05, 0) is 13.0 Å². The number of Topliss-reactive ketones (excluding diaryl/α,β-unsaturated/α-hetero) is 1. The average Bonchev–Trinajstić information content (AvgIpc) is 2.33. The summed E-state index contributed by atoms with van der Waals surface area (Å²) >= 11 is 1.07. The van der Waals surface area contributed by atoms with Crippen LogP contribution in [-0.2, 0) is 0 Å². The van der Waals surface area contributed by atoms with Crippen LogP contribution in [0.15, 0.2) is 11.4 Å². The molecule has 0 fully saturated rings. The smallest absolute Gasteiger partial charge is 0.345 e. The van der Waals surface area contributed by atoms with Crippen LogP contribution in [0.1, 0.15) is 27.0 Å². The number of thiophene rings is 1. The van der Waals surface area contributed by atoms with Crippen molar-refractivity contribution in [3.8, 4) is 0 Å². The van der Waals surface area contributed by atoms with Gasteiger partial charge < -0.3 is 5.11 Å². The third-order valence-corrected chi connectivity index (χ3v) is 2.13. The maximum Gasteiger partial charge on any atom is 0.345 e. The number of ketones is 1. The van der Waals surface area contributed by atoms with E-state index in [9.17, 15) is 9.59 Å². The fourth-order valence-electron chi connectivity index (χ4n) is 0.633. The molecule has 0 saturated heterocycles. The summed E-state index contributed by atoms with van der Waals surface area (Å²) in [5.41, 5.74) is 0.465. The first-order valence-electron chi connectivity index (χ1n) is 2.94. The van der Waals surface area contributed by atoms with Gasteiger partial charge in [0.15, 0.2) is 5.78 Å². The highest BCUT2D eigenvalue weighted by Gasteiger charge is 2.08. The number of rotatable bonds is 2. The average molecular weight is 170 g/mol. The Morgan fingerprint density at radius 1 is 1.55 bits per heavy atom. The van der Waals surface area contributed by atoms with E-state index in [1.165, 1.54) is 13.0 Å². The highest BCUT2D eigenvalue weighted by atomic mass is 32.1. The first kappa shape index (κ1) is 7.94. The molecule has 1 rings (SSSR count). The van der Waals surface area contributed by atoms with Crippen molar-refractivity contribution in [3.63, 3.8) is 0 Å². The summed E-state index contributed by atoms with van der Waals surface area (Å²) in [5, 5.41) is 10.0. The van der Waals surface area contributed by atoms with Crippen LogP contribution < -0.4 is 0 Å². The molecule has 1 N–H and O–H groups in total. The van der Waals surface area contributed by atoms with Crippen molar-refractivity contribution in [2.45, 2.75) is 6.92 Å². The molecular formula is C7H6O3S. The van der Waals surface area contributed by atoms with E-state index >= 15 is 0 Å². The molecule has 0 amide bonds. The van der Waals surface area contributed by atoms with Crippen LogP contribution in [0.2, 0.25) is 0 Å². The molecule has 0 aliphatic rings. The van der Waals surface area contributed by atoms with Gasteiger partial charge in [-0.15, -0.1) is 11.3 Å². The lowest BCUT2D eigenvalue weighted by Crippen LogP contribution is -1.92. The Morgan fingerprint density at radius 3 is 2.45 bits per heavy atom. The van der Waals surface area contributed by atoms with Crippen LogP contribution in [-0.4, -0.2) is 16.9 Å². The minimum absolute atomic E-state index is 0.103. The van der Waals surface area contributed by atoms with Crippen molar-refractivity contribution in [1.29, 1.82) is 0 Å². The molecular weight excluding hydrogens is 164 g/mol. The molecule has 0 atom stereocenters. The highest BCUT2D eigenvalue weighted by molar-refractivity contribution is 7.12. The van der Waals surface area contributed by atoms with Crippen LogP contribution >= 0.6 is 11.3 Å². The van der Waals surface area contributed by atoms with Gasteiger partial charge in [0, 0.05) is 10.9 Å². The van der Waals surface area contributed by atoms with Crippen LogP contribution in [0, 0.1) is 0 Å². The maximum absolute atomic E-state index is 10.7. The van der Waals surface area contributed by atoms with Crippen molar-refractivity contribution in [2.75, 3.05) is 0 Å². The first-order valence-corrected chi connectivity index (χ1v) is 3.82. The van der Waals surface area contributed by atoms with E-state index in [0.717, 1.165) is 11.3 Å². The monoisotopic (exact) mass is 170 g/mol. The molecule has 3 nitrogen and oxygen atoms in total. The van der Waals surface area contributed by atoms with Gasteiger partial charge in [-0.25, -0.2) is 4.79 Å². The number of hydrogen-bond donors (Lipinski definition) is 1. The molecule has 0 unspecified atom stereocenters. The lowest BCUT2D eigenvalue weighted by molar-refractivity contribution is 0.0702. The Kier molecular flexibility index (Phi) is 2.05. The van der Waals surface area contributed by atoms with Gasteiger partial charge in [0.25, 0.3) is 0 Å². The highest BCUT2D eigenvalue weighted by Crippen LogP contribution is 2.14. The quantitative estimate of drug-likeness (QED) is 0.686. The fourth-order valence-corrected chi connectivity index (χ4v) is 1.42. The zero-order valence-electron chi connectivity index (χ0n) is 5.83. The van der Waals surface area contributed by atoms with E-state index in [-0.39, 0.29) is 10.7 Å². The summed E-state index contributed by atoms with van der Waals surface area (Å²) in [4.78, 5) is 21.2. The second-order valence-corrected chi connectivity index (χ2v) is 2.97. The standard InChI is InChI=1S/C7H6O3S/c1-4(8)5-2-6(7(9)10)11-3-5/h2-3H,1H3,(H,9,10). The molecule has 0 bridgehead atoms. The Morgan fingerprint density at radius 2 is 2.18 bits per heavy atom. The Balaban J connectivity index is 2.99. The van der Waals surface area contributed by atoms with Gasteiger partial charge in [-0.1, -0.05) is 0 Å². The van der Waals surface area contributed by atoms with Crippen molar-refractivity contribution in [1.82, 2.24) is 0 Å². The van der Waals surface area contributed by atoms with Gasteiger partial charge in [0.2, 0.25) is 0 Å². The Bertz CT molecular complexity index is 272. The molecule has 0 aliphatic heterocycles. The zero-order chi connectivity index (χ0) is 8.43. The summed E-state index contributed by atoms with van der Waals surface area (Å²) in [6.45, 7) is 1.41. The van der Waals surface area contributed by atoms with E-state index in [4.69, 9.17) is 5.11 Å². The molecule has 0 saturated carbocycles. The first-order chi connectivity index (χ1) is 5.11. The molecule has 0 aliphatic carbocycles. The SMILES string of the molecule is CC(=O)c1csc(C(=O)O)c1. The van der Waals surface area contributed by atoms with Crippen LogP contribution in [0.25, 0.3) is 0 Å². The second kappa shape index (κ2) is 2.84. The second-order valence-electron chi connectivity index (χ2n) is 2.06. The van der Waals surface area contributed by atoms with Crippen molar-refractivity contribution in [2.24, 2.45) is 0 Å². The molecule has 0 spiro atoms. The summed E-state index contributed by atoms with van der Waals surface area (Å²) < 4.78 is 0. The zero-order valence-corrected chi connectivity index (χ0v) is 6.64. The van der Waals surface area contributed by atoms with Crippen molar-refractivity contribution >= 4 is 23.1 Å². The van der Waals surface area contributed by atoms with Gasteiger partial charge in [0.1, 0.15) is 4.88 Å². The Labute approximate surface area is 67.3 Å². The third kappa shape index (κ3) is 1.65. The molecule has 0 radical (unpaired) electrons. The predicted octanol–water partition coefficient (Wildman–Crippen LogP) is 1.65. The van der Waals surface area contributed by atoms with Crippen molar-refractivity contribution in [3.05, 3.63) is 21.9 Å². The molecule has 4 heteroatoms. The molecule has 11 heavy (non-hydrogen) atoms. The minimum atomic E-state index is -0.984. The number of aromatic carboxylic acids is 1. The molecule has 1 heterocycles. The predicted molar refractivity (Wildman–Crippen MR) is 41.3 cm³/mol. The fraction of sp³-hybridized carbons (Fsp3) is 0.143. The molecule has 58 valence electrons. The lowest BCUT2D eigenvalue weighted by Gasteiger charge is -1.83.